The summed E-state index contributed by atoms with van der Waals surface area (Å²) in [5.74, 6) is 1.87. The molecule has 0 saturated carbocycles. The Kier molecular flexibility index (Phi) is 5.55. The number of amides is 1. The number of nitrogens with one attached hydrogen (secondary N) is 1. The number of aromatic nitrogens is 5. The van der Waals surface area contributed by atoms with Crippen LogP contribution in [-0.4, -0.2) is 43.4 Å². The fourth-order valence-corrected chi connectivity index (χ4v) is 2.72. The summed E-state index contributed by atoms with van der Waals surface area (Å²) < 4.78 is 9.90. The molecule has 3 aromatic heterocycles. The Morgan fingerprint density at radius 1 is 1.22 bits per heavy atom. The van der Waals surface area contributed by atoms with E-state index in [9.17, 15) is 4.79 Å². The minimum absolute atomic E-state index is 0.0835. The fraction of sp³-hybridized carbons (Fsp3) is 0.294. The van der Waals surface area contributed by atoms with Crippen molar-refractivity contribution in [2.75, 3.05) is 17.3 Å². The van der Waals surface area contributed by atoms with Crippen molar-refractivity contribution < 1.29 is 9.53 Å². The quantitative estimate of drug-likeness (QED) is 0.690. The van der Waals surface area contributed by atoms with Crippen LogP contribution in [0.5, 0.6) is 5.75 Å². The lowest BCUT2D eigenvalue weighted by atomic mass is 10.3. The maximum absolute atomic E-state index is 11.6. The average Bonchev–Trinajstić information content (AvgIpc) is 3.10. The molecule has 140 valence electrons. The summed E-state index contributed by atoms with van der Waals surface area (Å²) >= 11 is 1.17. The number of anilines is 3. The lowest BCUT2D eigenvalue weighted by molar-refractivity contribution is -0.116. The van der Waals surface area contributed by atoms with E-state index in [1.54, 1.807) is 19.3 Å². The molecular weight excluding hydrogens is 366 g/mol. The number of carbonyl (C=O) groups excluding carboxylic acids is 1. The van der Waals surface area contributed by atoms with Crippen LogP contribution in [0.4, 0.5) is 16.8 Å². The summed E-state index contributed by atoms with van der Waals surface area (Å²) in [6, 6.07) is 3.64. The van der Waals surface area contributed by atoms with E-state index in [4.69, 9.17) is 4.74 Å². The van der Waals surface area contributed by atoms with Gasteiger partial charge in [0.15, 0.2) is 17.5 Å². The number of hydrogen-bond acceptors (Lipinski definition) is 9. The number of pyridine rings is 1. The van der Waals surface area contributed by atoms with Crippen LogP contribution in [0.15, 0.2) is 30.7 Å². The Bertz CT molecular complexity index is 927. The largest absolute Gasteiger partial charge is 0.489 e. The van der Waals surface area contributed by atoms with Gasteiger partial charge in [0.1, 0.15) is 11.4 Å². The van der Waals surface area contributed by atoms with Gasteiger partial charge in [-0.2, -0.15) is 9.36 Å². The molecule has 3 heterocycles. The van der Waals surface area contributed by atoms with E-state index in [0.717, 1.165) is 0 Å². The van der Waals surface area contributed by atoms with E-state index in [1.807, 2.05) is 19.9 Å². The average molecular weight is 385 g/mol. The first-order chi connectivity index (χ1) is 12.9. The van der Waals surface area contributed by atoms with Gasteiger partial charge in [-0.05, 0) is 26.0 Å². The highest BCUT2D eigenvalue weighted by Gasteiger charge is 2.16. The molecule has 0 aliphatic rings. The zero-order chi connectivity index (χ0) is 19.4. The molecule has 9 nitrogen and oxygen atoms in total. The van der Waals surface area contributed by atoms with Crippen LogP contribution in [0.2, 0.25) is 0 Å². The van der Waals surface area contributed by atoms with Gasteiger partial charge < -0.3 is 10.1 Å². The predicted molar refractivity (Wildman–Crippen MR) is 103 cm³/mol. The van der Waals surface area contributed by atoms with E-state index in [1.165, 1.54) is 35.7 Å². The zero-order valence-electron chi connectivity index (χ0n) is 15.4. The Morgan fingerprint density at radius 2 is 2.00 bits per heavy atom. The third kappa shape index (κ3) is 4.53. The molecular formula is C17H19N7O2S. The molecule has 0 fully saturated rings. The summed E-state index contributed by atoms with van der Waals surface area (Å²) in [5.41, 5.74) is 0.635. The molecule has 1 N–H and O–H groups in total. The summed E-state index contributed by atoms with van der Waals surface area (Å²) in [5, 5.41) is 3.58. The molecule has 0 radical (unpaired) electrons. The molecule has 27 heavy (non-hydrogen) atoms. The minimum atomic E-state index is -0.149. The van der Waals surface area contributed by atoms with Gasteiger partial charge in [-0.25, -0.2) is 15.0 Å². The van der Waals surface area contributed by atoms with Gasteiger partial charge in [0.2, 0.25) is 11.0 Å². The molecule has 0 aliphatic carbocycles. The van der Waals surface area contributed by atoms with E-state index < -0.39 is 0 Å². The van der Waals surface area contributed by atoms with Gasteiger partial charge in [-0.3, -0.25) is 9.69 Å². The van der Waals surface area contributed by atoms with Gasteiger partial charge in [-0.15, -0.1) is 0 Å². The van der Waals surface area contributed by atoms with Crippen molar-refractivity contribution in [3.63, 3.8) is 0 Å². The number of rotatable bonds is 6. The summed E-state index contributed by atoms with van der Waals surface area (Å²) in [6.07, 6.45) is 4.79. The first-order valence-corrected chi connectivity index (χ1v) is 9.00. The molecule has 0 unspecified atom stereocenters. The van der Waals surface area contributed by atoms with Crippen molar-refractivity contribution in [1.29, 1.82) is 0 Å². The Balaban J connectivity index is 1.78. The second-order valence-corrected chi connectivity index (χ2v) is 6.65. The Hall–Kier alpha value is -3.14. The topological polar surface area (TPSA) is 106 Å². The van der Waals surface area contributed by atoms with Crippen LogP contribution in [0, 0.1) is 0 Å². The van der Waals surface area contributed by atoms with Gasteiger partial charge >= 0.3 is 0 Å². The predicted octanol–water partition coefficient (Wildman–Crippen LogP) is 2.90. The van der Waals surface area contributed by atoms with Gasteiger partial charge in [-0.1, -0.05) is 0 Å². The van der Waals surface area contributed by atoms with Crippen LogP contribution in [0.25, 0.3) is 11.5 Å². The van der Waals surface area contributed by atoms with E-state index in [-0.39, 0.29) is 12.0 Å². The van der Waals surface area contributed by atoms with Crippen molar-refractivity contribution in [2.24, 2.45) is 0 Å². The summed E-state index contributed by atoms with van der Waals surface area (Å²) in [4.78, 5) is 30.2. The molecule has 1 amide bonds. The lowest BCUT2D eigenvalue weighted by Gasteiger charge is -2.16. The molecule has 10 heteroatoms. The third-order valence-corrected chi connectivity index (χ3v) is 4.09. The van der Waals surface area contributed by atoms with Crippen molar-refractivity contribution in [3.05, 3.63) is 30.7 Å². The van der Waals surface area contributed by atoms with Crippen LogP contribution in [0.3, 0.4) is 0 Å². The van der Waals surface area contributed by atoms with Gasteiger partial charge in [0.25, 0.3) is 0 Å². The first-order valence-electron chi connectivity index (χ1n) is 8.23. The monoisotopic (exact) mass is 385 g/mol. The van der Waals surface area contributed by atoms with Crippen molar-refractivity contribution in [1.82, 2.24) is 24.3 Å². The fourth-order valence-electron chi connectivity index (χ4n) is 2.15. The number of carbonyl (C=O) groups is 1. The normalized spacial score (nSPS) is 10.7. The highest BCUT2D eigenvalue weighted by atomic mass is 32.1. The SMILES string of the molecule is CC(=O)N(C)c1nccnc1Nc1nc(-c2ccc(OC(C)C)cn2)ns1. The number of ether oxygens (including phenoxy) is 1. The molecule has 0 aliphatic heterocycles. The van der Waals surface area contributed by atoms with Crippen molar-refractivity contribution in [2.45, 2.75) is 26.9 Å². The van der Waals surface area contributed by atoms with Crippen LogP contribution in [-0.2, 0) is 4.79 Å². The molecule has 3 rings (SSSR count). The van der Waals surface area contributed by atoms with Crippen molar-refractivity contribution in [3.8, 4) is 17.3 Å². The van der Waals surface area contributed by atoms with Crippen LogP contribution >= 0.6 is 11.5 Å². The van der Waals surface area contributed by atoms with E-state index >= 15 is 0 Å². The zero-order valence-corrected chi connectivity index (χ0v) is 16.2. The van der Waals surface area contributed by atoms with E-state index in [0.29, 0.717) is 34.0 Å². The van der Waals surface area contributed by atoms with Gasteiger partial charge in [0, 0.05) is 37.9 Å². The first kappa shape index (κ1) is 18.6. The highest BCUT2D eigenvalue weighted by molar-refractivity contribution is 7.09. The number of nitrogens with zero attached hydrogens (tertiary/aromatic N) is 6. The Labute approximate surface area is 160 Å². The minimum Gasteiger partial charge on any atom is -0.489 e. The van der Waals surface area contributed by atoms with Crippen molar-refractivity contribution >= 4 is 34.2 Å². The van der Waals surface area contributed by atoms with E-state index in [2.05, 4.69) is 29.6 Å². The molecule has 0 atom stereocenters. The summed E-state index contributed by atoms with van der Waals surface area (Å²) in [6.45, 7) is 5.37. The maximum Gasteiger partial charge on any atom is 0.224 e. The van der Waals surface area contributed by atoms with Crippen LogP contribution < -0.4 is 15.0 Å². The third-order valence-electron chi connectivity index (χ3n) is 3.46. The molecule has 3 aromatic rings. The maximum atomic E-state index is 11.6. The Morgan fingerprint density at radius 3 is 2.67 bits per heavy atom. The summed E-state index contributed by atoms with van der Waals surface area (Å²) in [7, 11) is 1.63. The molecule has 0 bridgehead atoms. The number of hydrogen-bond donors (Lipinski definition) is 1. The lowest BCUT2D eigenvalue weighted by Crippen LogP contribution is -2.25. The van der Waals surface area contributed by atoms with Gasteiger partial charge in [0.05, 0.1) is 12.3 Å². The molecule has 0 saturated heterocycles. The van der Waals surface area contributed by atoms with Crippen LogP contribution in [0.1, 0.15) is 20.8 Å². The smallest absolute Gasteiger partial charge is 0.224 e. The second-order valence-electron chi connectivity index (χ2n) is 5.90. The standard InChI is InChI=1S/C17H19N7O2S/c1-10(2)26-12-5-6-13(20-9-12)14-21-17(27-23-14)22-15-16(19-8-7-18-15)24(4)11(3)25/h5-10H,1-4H3,(H,18,21,22,23). The second kappa shape index (κ2) is 8.04. The molecule has 0 aromatic carbocycles. The molecule has 0 spiro atoms. The highest BCUT2D eigenvalue weighted by Crippen LogP contribution is 2.27.